The van der Waals surface area contributed by atoms with Crippen LogP contribution in [0.4, 0.5) is 0 Å². The fraction of sp³-hybridized carbons (Fsp3) is 0.400. The van der Waals surface area contributed by atoms with Crippen LogP contribution in [0.15, 0.2) is 48.5 Å². The van der Waals surface area contributed by atoms with Crippen molar-refractivity contribution in [2.45, 2.75) is 44.9 Å². The summed E-state index contributed by atoms with van der Waals surface area (Å²) in [6, 6.07) is 15.2. The van der Waals surface area contributed by atoms with Crippen molar-refractivity contribution in [1.82, 2.24) is 5.32 Å². The molecule has 5 N–H and O–H groups in total. The summed E-state index contributed by atoms with van der Waals surface area (Å²) in [5.41, 5.74) is 9.32. The molecular weight excluding hydrogens is 300 g/mol. The largest absolute Gasteiger partial charge is 0.508 e. The van der Waals surface area contributed by atoms with Gasteiger partial charge in [0.1, 0.15) is 5.75 Å². The molecule has 0 aliphatic rings. The van der Waals surface area contributed by atoms with E-state index < -0.39 is 6.10 Å². The minimum absolute atomic E-state index is 0.277. The van der Waals surface area contributed by atoms with Gasteiger partial charge < -0.3 is 21.3 Å². The summed E-state index contributed by atoms with van der Waals surface area (Å²) in [5, 5.41) is 23.2. The first-order valence-corrected chi connectivity index (χ1v) is 8.47. The van der Waals surface area contributed by atoms with Gasteiger partial charge in [0.2, 0.25) is 0 Å². The molecule has 2 atom stereocenters. The van der Waals surface area contributed by atoms with Crippen molar-refractivity contribution in [3.63, 3.8) is 0 Å². The molecule has 24 heavy (non-hydrogen) atoms. The van der Waals surface area contributed by atoms with Gasteiger partial charge in [0.25, 0.3) is 0 Å². The third-order valence-electron chi connectivity index (χ3n) is 4.16. The topological polar surface area (TPSA) is 78.5 Å². The monoisotopic (exact) mass is 328 g/mol. The van der Waals surface area contributed by atoms with Gasteiger partial charge in [-0.05, 0) is 41.2 Å². The average Bonchev–Trinajstić information content (AvgIpc) is 2.55. The van der Waals surface area contributed by atoms with Crippen molar-refractivity contribution in [3.05, 3.63) is 65.2 Å². The summed E-state index contributed by atoms with van der Waals surface area (Å²) >= 11 is 0. The maximum Gasteiger partial charge on any atom is 0.116 e. The Morgan fingerprint density at radius 2 is 1.75 bits per heavy atom. The van der Waals surface area contributed by atoms with Crippen molar-refractivity contribution in [1.29, 1.82) is 0 Å². The second-order valence-corrected chi connectivity index (χ2v) is 6.64. The summed E-state index contributed by atoms with van der Waals surface area (Å²) < 4.78 is 0. The maximum atomic E-state index is 10.2. The van der Waals surface area contributed by atoms with Gasteiger partial charge in [-0.1, -0.05) is 50.2 Å². The predicted molar refractivity (Wildman–Crippen MR) is 98.0 cm³/mol. The summed E-state index contributed by atoms with van der Waals surface area (Å²) in [6.07, 6.45) is 0.0277. The number of phenolic OH excluding ortho intramolecular Hbond substituents is 1. The predicted octanol–water partition coefficient (Wildman–Crippen LogP) is 2.54. The van der Waals surface area contributed by atoms with E-state index in [1.807, 2.05) is 30.3 Å². The summed E-state index contributed by atoms with van der Waals surface area (Å²) in [4.78, 5) is 0. The first kappa shape index (κ1) is 18.5. The molecular formula is C20H28N2O2. The summed E-state index contributed by atoms with van der Waals surface area (Å²) in [7, 11) is 0. The Labute approximate surface area is 144 Å². The molecule has 2 aromatic rings. The van der Waals surface area contributed by atoms with E-state index in [9.17, 15) is 10.2 Å². The molecule has 0 aliphatic heterocycles. The number of nitrogens with two attached hydrogens (primary N) is 1. The van der Waals surface area contributed by atoms with E-state index in [0.29, 0.717) is 25.4 Å². The standard InChI is InChI=1S/C20H28N2O2/c1-14(2)17-8-16(9-18(23)11-17)12-22-13-20(24)19(21)10-15-6-4-3-5-7-15/h3-9,11,14,19-20,22-24H,10,12-13,21H2,1-2H3. The molecule has 0 spiro atoms. The molecule has 2 aromatic carbocycles. The molecule has 0 aliphatic carbocycles. The van der Waals surface area contributed by atoms with Crippen molar-refractivity contribution in [2.75, 3.05) is 6.54 Å². The van der Waals surface area contributed by atoms with Gasteiger partial charge in [-0.2, -0.15) is 0 Å². The number of aromatic hydroxyl groups is 1. The minimum Gasteiger partial charge on any atom is -0.508 e. The van der Waals surface area contributed by atoms with Gasteiger partial charge in [-0.3, -0.25) is 0 Å². The number of hydrogen-bond acceptors (Lipinski definition) is 4. The number of aliphatic hydroxyl groups is 1. The van der Waals surface area contributed by atoms with Gasteiger partial charge in [-0.15, -0.1) is 0 Å². The summed E-state index contributed by atoms with van der Waals surface area (Å²) in [6.45, 7) is 5.20. The SMILES string of the molecule is CC(C)c1cc(O)cc(CNCC(O)C(N)Cc2ccccc2)c1. The van der Waals surface area contributed by atoms with Gasteiger partial charge in [-0.25, -0.2) is 0 Å². The van der Waals surface area contributed by atoms with Crippen LogP contribution < -0.4 is 11.1 Å². The second kappa shape index (κ2) is 8.83. The smallest absolute Gasteiger partial charge is 0.116 e. The van der Waals surface area contributed by atoms with E-state index in [4.69, 9.17) is 5.73 Å². The van der Waals surface area contributed by atoms with Crippen molar-refractivity contribution >= 4 is 0 Å². The highest BCUT2D eigenvalue weighted by molar-refractivity contribution is 5.35. The molecule has 0 bridgehead atoms. The molecule has 0 aromatic heterocycles. The fourth-order valence-corrected chi connectivity index (χ4v) is 2.67. The number of rotatable bonds is 8. The minimum atomic E-state index is -0.618. The van der Waals surface area contributed by atoms with Gasteiger partial charge >= 0.3 is 0 Å². The number of benzene rings is 2. The quantitative estimate of drug-likeness (QED) is 0.600. The first-order chi connectivity index (χ1) is 11.5. The van der Waals surface area contributed by atoms with E-state index in [1.165, 1.54) is 0 Å². The molecule has 0 radical (unpaired) electrons. The third-order valence-corrected chi connectivity index (χ3v) is 4.16. The van der Waals surface area contributed by atoms with E-state index in [1.54, 1.807) is 12.1 Å². The van der Waals surface area contributed by atoms with Gasteiger partial charge in [0, 0.05) is 19.1 Å². The molecule has 0 amide bonds. The molecule has 0 heterocycles. The zero-order valence-electron chi connectivity index (χ0n) is 14.4. The van der Waals surface area contributed by atoms with Crippen LogP contribution in [0.3, 0.4) is 0 Å². The lowest BCUT2D eigenvalue weighted by Crippen LogP contribution is -2.43. The Morgan fingerprint density at radius 1 is 1.04 bits per heavy atom. The summed E-state index contributed by atoms with van der Waals surface area (Å²) in [5.74, 6) is 0.639. The molecule has 0 fully saturated rings. The maximum absolute atomic E-state index is 10.2. The number of phenols is 1. The van der Waals surface area contributed by atoms with E-state index in [-0.39, 0.29) is 11.8 Å². The highest BCUT2D eigenvalue weighted by Gasteiger charge is 2.15. The van der Waals surface area contributed by atoms with Crippen LogP contribution in [0, 0.1) is 0 Å². The molecule has 130 valence electrons. The lowest BCUT2D eigenvalue weighted by atomic mass is 10.00. The molecule has 0 saturated carbocycles. The van der Waals surface area contributed by atoms with Gasteiger partial charge in [0.15, 0.2) is 0 Å². The Hall–Kier alpha value is -1.88. The number of hydrogen-bond donors (Lipinski definition) is 4. The Morgan fingerprint density at radius 3 is 2.42 bits per heavy atom. The molecule has 4 nitrogen and oxygen atoms in total. The van der Waals surface area contributed by atoms with E-state index in [0.717, 1.165) is 16.7 Å². The van der Waals surface area contributed by atoms with Crippen LogP contribution in [0.1, 0.15) is 36.5 Å². The lowest BCUT2D eigenvalue weighted by molar-refractivity contribution is 0.141. The highest BCUT2D eigenvalue weighted by atomic mass is 16.3. The zero-order valence-corrected chi connectivity index (χ0v) is 14.4. The van der Waals surface area contributed by atoms with Crippen LogP contribution in [0.2, 0.25) is 0 Å². The first-order valence-electron chi connectivity index (χ1n) is 8.47. The van der Waals surface area contributed by atoms with Crippen molar-refractivity contribution in [2.24, 2.45) is 5.73 Å². The van der Waals surface area contributed by atoms with Crippen LogP contribution in [-0.2, 0) is 13.0 Å². The molecule has 2 unspecified atom stereocenters. The van der Waals surface area contributed by atoms with E-state index >= 15 is 0 Å². The highest BCUT2D eigenvalue weighted by Crippen LogP contribution is 2.22. The normalized spacial score (nSPS) is 13.9. The van der Waals surface area contributed by atoms with Crippen molar-refractivity contribution < 1.29 is 10.2 Å². The van der Waals surface area contributed by atoms with E-state index in [2.05, 4.69) is 25.2 Å². The second-order valence-electron chi connectivity index (χ2n) is 6.64. The van der Waals surface area contributed by atoms with Crippen LogP contribution >= 0.6 is 0 Å². The average molecular weight is 328 g/mol. The molecule has 4 heteroatoms. The molecule has 2 rings (SSSR count). The number of aliphatic hydroxyl groups excluding tert-OH is 1. The molecule has 0 saturated heterocycles. The van der Waals surface area contributed by atoms with Crippen molar-refractivity contribution in [3.8, 4) is 5.75 Å². The third kappa shape index (κ3) is 5.64. The number of nitrogens with one attached hydrogen (secondary N) is 1. The van der Waals surface area contributed by atoms with Gasteiger partial charge in [0.05, 0.1) is 6.10 Å². The fourth-order valence-electron chi connectivity index (χ4n) is 2.67. The Kier molecular flexibility index (Phi) is 6.79. The van der Waals surface area contributed by atoms with Crippen LogP contribution in [0.25, 0.3) is 0 Å². The van der Waals surface area contributed by atoms with Crippen LogP contribution in [0.5, 0.6) is 5.75 Å². The van der Waals surface area contributed by atoms with Crippen LogP contribution in [-0.4, -0.2) is 28.9 Å². The lowest BCUT2D eigenvalue weighted by Gasteiger charge is -2.19. The Bertz CT molecular complexity index is 629. The Balaban J connectivity index is 1.83. The zero-order chi connectivity index (χ0) is 17.5.